The number of hydrogen-bond donors (Lipinski definition) is 2. The van der Waals surface area contributed by atoms with Crippen LogP contribution in [0.15, 0.2) is 17.2 Å². The zero-order valence-corrected chi connectivity index (χ0v) is 15.9. The van der Waals surface area contributed by atoms with Gasteiger partial charge in [-0.15, -0.1) is 0 Å². The zero-order valence-electron chi connectivity index (χ0n) is 15.0. The Kier molecular flexibility index (Phi) is 9.31. The molecule has 0 fully saturated rings. The summed E-state index contributed by atoms with van der Waals surface area (Å²) in [6.07, 6.45) is 4.96. The third kappa shape index (κ3) is 7.38. The van der Waals surface area contributed by atoms with E-state index >= 15 is 0 Å². The maximum Gasteiger partial charge on any atom is 0.308 e. The van der Waals surface area contributed by atoms with Gasteiger partial charge in [-0.1, -0.05) is 19.8 Å². The molecule has 0 aromatic heterocycles. The normalized spacial score (nSPS) is 10.4. The highest BCUT2D eigenvalue weighted by molar-refractivity contribution is 7.80. The number of hydrazone groups is 1. The van der Waals surface area contributed by atoms with Gasteiger partial charge in [-0.2, -0.15) is 5.10 Å². The first-order valence-electron chi connectivity index (χ1n) is 8.03. The summed E-state index contributed by atoms with van der Waals surface area (Å²) in [5, 5.41) is 7.62. The van der Waals surface area contributed by atoms with Gasteiger partial charge >= 0.3 is 5.97 Å². The van der Waals surface area contributed by atoms with Crippen LogP contribution in [0.4, 0.5) is 0 Å². The predicted octanol–water partition coefficient (Wildman–Crippen LogP) is 2.62. The van der Waals surface area contributed by atoms with Crippen LogP contribution in [0, 0.1) is 0 Å². The molecule has 0 radical (unpaired) electrons. The second kappa shape index (κ2) is 11.2. The van der Waals surface area contributed by atoms with E-state index in [2.05, 4.69) is 22.8 Å². The molecule has 0 atom stereocenters. The second-order valence-electron chi connectivity index (χ2n) is 5.18. The molecular weight excluding hydrogens is 342 g/mol. The molecule has 0 aliphatic carbocycles. The SMILES string of the molecule is CCCCCNC(=S)N/N=C\c1cc(OC)c(OC(C)=O)c(OC)c1. The van der Waals surface area contributed by atoms with Crippen LogP contribution in [0.25, 0.3) is 0 Å². The largest absolute Gasteiger partial charge is 0.493 e. The van der Waals surface area contributed by atoms with E-state index in [1.807, 2.05) is 0 Å². The molecule has 138 valence electrons. The van der Waals surface area contributed by atoms with Crippen LogP contribution in [0.3, 0.4) is 0 Å². The lowest BCUT2D eigenvalue weighted by molar-refractivity contribution is -0.132. The monoisotopic (exact) mass is 367 g/mol. The van der Waals surface area contributed by atoms with Crippen molar-refractivity contribution in [1.82, 2.24) is 10.7 Å². The number of unbranched alkanes of at least 4 members (excludes halogenated alkanes) is 2. The fourth-order valence-electron chi connectivity index (χ4n) is 2.00. The lowest BCUT2D eigenvalue weighted by Crippen LogP contribution is -2.32. The number of nitrogens with zero attached hydrogens (tertiary/aromatic N) is 1. The Bertz CT molecular complexity index is 595. The highest BCUT2D eigenvalue weighted by atomic mass is 32.1. The molecule has 7 nitrogen and oxygen atoms in total. The van der Waals surface area contributed by atoms with Crippen molar-refractivity contribution in [3.63, 3.8) is 0 Å². The molecule has 8 heteroatoms. The molecule has 1 aromatic carbocycles. The van der Waals surface area contributed by atoms with Gasteiger partial charge in [0.25, 0.3) is 0 Å². The van der Waals surface area contributed by atoms with Gasteiger partial charge in [0, 0.05) is 19.0 Å². The van der Waals surface area contributed by atoms with Gasteiger partial charge in [-0.05, 0) is 30.8 Å². The van der Waals surface area contributed by atoms with E-state index in [1.54, 1.807) is 18.3 Å². The predicted molar refractivity (Wildman–Crippen MR) is 102 cm³/mol. The summed E-state index contributed by atoms with van der Waals surface area (Å²) in [7, 11) is 2.96. The fraction of sp³-hybridized carbons (Fsp3) is 0.471. The van der Waals surface area contributed by atoms with Crippen LogP contribution in [-0.2, 0) is 4.79 Å². The molecule has 0 heterocycles. The van der Waals surface area contributed by atoms with Gasteiger partial charge in [0.2, 0.25) is 5.75 Å². The van der Waals surface area contributed by atoms with Gasteiger partial charge in [0.1, 0.15) is 0 Å². The maximum absolute atomic E-state index is 11.2. The number of nitrogens with one attached hydrogen (secondary N) is 2. The molecule has 0 amide bonds. The van der Waals surface area contributed by atoms with Crippen molar-refractivity contribution in [2.24, 2.45) is 5.10 Å². The van der Waals surface area contributed by atoms with Crippen molar-refractivity contribution in [2.45, 2.75) is 33.1 Å². The third-order valence-corrected chi connectivity index (χ3v) is 3.41. The number of benzene rings is 1. The third-order valence-electron chi connectivity index (χ3n) is 3.17. The van der Waals surface area contributed by atoms with E-state index in [9.17, 15) is 4.79 Å². The number of carbonyl (C=O) groups excluding carboxylic acids is 1. The highest BCUT2D eigenvalue weighted by Crippen LogP contribution is 2.38. The Morgan fingerprint density at radius 3 is 2.40 bits per heavy atom. The average molecular weight is 367 g/mol. The minimum atomic E-state index is -0.459. The number of ether oxygens (including phenoxy) is 3. The van der Waals surface area contributed by atoms with Gasteiger partial charge in [-0.3, -0.25) is 10.2 Å². The highest BCUT2D eigenvalue weighted by Gasteiger charge is 2.15. The van der Waals surface area contributed by atoms with E-state index < -0.39 is 5.97 Å². The summed E-state index contributed by atoms with van der Waals surface area (Å²) < 4.78 is 15.7. The van der Waals surface area contributed by atoms with Crippen LogP contribution >= 0.6 is 12.2 Å². The Morgan fingerprint density at radius 1 is 1.24 bits per heavy atom. The molecule has 0 aliphatic rings. The van der Waals surface area contributed by atoms with E-state index in [0.29, 0.717) is 22.2 Å². The van der Waals surface area contributed by atoms with Crippen LogP contribution in [0.2, 0.25) is 0 Å². The molecular formula is C17H25N3O4S. The number of esters is 1. The number of methoxy groups -OCH3 is 2. The van der Waals surface area contributed by atoms with Crippen molar-refractivity contribution in [3.05, 3.63) is 17.7 Å². The van der Waals surface area contributed by atoms with Crippen LogP contribution in [-0.4, -0.2) is 38.1 Å². The Hall–Kier alpha value is -2.35. The minimum absolute atomic E-state index is 0.232. The standard InChI is InChI=1S/C17H25N3O4S/c1-5-6-7-8-18-17(25)20-19-11-13-9-14(22-3)16(24-12(2)21)15(10-13)23-4/h9-11H,5-8H2,1-4H3,(H2,18,20,25)/b19-11-. The first-order chi connectivity index (χ1) is 12.0. The lowest BCUT2D eigenvalue weighted by Gasteiger charge is -2.13. The average Bonchev–Trinajstić information content (AvgIpc) is 2.59. The van der Waals surface area contributed by atoms with E-state index in [0.717, 1.165) is 25.8 Å². The molecule has 0 bridgehead atoms. The topological polar surface area (TPSA) is 81.2 Å². The van der Waals surface area contributed by atoms with E-state index in [4.69, 9.17) is 26.4 Å². The van der Waals surface area contributed by atoms with Crippen LogP contribution < -0.4 is 25.0 Å². The number of rotatable bonds is 9. The molecule has 0 saturated carbocycles. The zero-order chi connectivity index (χ0) is 18.7. The molecule has 0 unspecified atom stereocenters. The number of carbonyl (C=O) groups is 1. The second-order valence-corrected chi connectivity index (χ2v) is 5.59. The molecule has 0 saturated heterocycles. The molecule has 2 N–H and O–H groups in total. The smallest absolute Gasteiger partial charge is 0.308 e. The van der Waals surface area contributed by atoms with Crippen molar-refractivity contribution in [3.8, 4) is 17.2 Å². The first kappa shape index (κ1) is 20.7. The Labute approximate surface area is 153 Å². The summed E-state index contributed by atoms with van der Waals surface area (Å²) in [6.45, 7) is 4.27. The Morgan fingerprint density at radius 2 is 1.88 bits per heavy atom. The van der Waals surface area contributed by atoms with Gasteiger partial charge in [-0.25, -0.2) is 0 Å². The van der Waals surface area contributed by atoms with E-state index in [-0.39, 0.29) is 5.75 Å². The summed E-state index contributed by atoms with van der Waals surface area (Å²) in [5.74, 6) is 0.516. The van der Waals surface area contributed by atoms with Gasteiger partial charge in [0.05, 0.1) is 20.4 Å². The number of hydrogen-bond acceptors (Lipinski definition) is 6. The number of thiocarbonyl (C=S) groups is 1. The van der Waals surface area contributed by atoms with Gasteiger partial charge < -0.3 is 19.5 Å². The molecule has 25 heavy (non-hydrogen) atoms. The molecule has 0 aliphatic heterocycles. The van der Waals surface area contributed by atoms with Gasteiger partial charge in [0.15, 0.2) is 16.6 Å². The minimum Gasteiger partial charge on any atom is -0.493 e. The van der Waals surface area contributed by atoms with E-state index in [1.165, 1.54) is 21.1 Å². The van der Waals surface area contributed by atoms with Crippen molar-refractivity contribution < 1.29 is 19.0 Å². The molecule has 1 aromatic rings. The van der Waals surface area contributed by atoms with Crippen molar-refractivity contribution >= 4 is 29.5 Å². The summed E-state index contributed by atoms with van der Waals surface area (Å²) >= 11 is 5.14. The van der Waals surface area contributed by atoms with Crippen LogP contribution in [0.1, 0.15) is 38.7 Å². The first-order valence-corrected chi connectivity index (χ1v) is 8.44. The summed E-state index contributed by atoms with van der Waals surface area (Å²) in [6, 6.07) is 3.37. The van der Waals surface area contributed by atoms with Crippen LogP contribution in [0.5, 0.6) is 17.2 Å². The lowest BCUT2D eigenvalue weighted by atomic mass is 10.2. The quantitative estimate of drug-likeness (QED) is 0.173. The maximum atomic E-state index is 11.2. The fourth-order valence-corrected chi connectivity index (χ4v) is 2.16. The van der Waals surface area contributed by atoms with Crippen molar-refractivity contribution in [2.75, 3.05) is 20.8 Å². The molecule has 0 spiro atoms. The molecule has 1 rings (SSSR count). The summed E-state index contributed by atoms with van der Waals surface area (Å²) in [4.78, 5) is 11.2. The summed E-state index contributed by atoms with van der Waals surface area (Å²) in [5.41, 5.74) is 3.45. The Balaban J connectivity index is 2.75. The van der Waals surface area contributed by atoms with Crippen molar-refractivity contribution in [1.29, 1.82) is 0 Å².